The molecule has 4 N–H and O–H groups in total. The third-order valence-corrected chi connectivity index (χ3v) is 2.89. The summed E-state index contributed by atoms with van der Waals surface area (Å²) in [6.07, 6.45) is 1.13. The van der Waals surface area contributed by atoms with Gasteiger partial charge in [-0.2, -0.15) is 0 Å². The predicted molar refractivity (Wildman–Crippen MR) is 67.9 cm³/mol. The summed E-state index contributed by atoms with van der Waals surface area (Å²) in [6, 6.07) is -2.52. The van der Waals surface area contributed by atoms with E-state index in [0.717, 1.165) is 6.26 Å². The van der Waals surface area contributed by atoms with Gasteiger partial charge in [0.15, 0.2) is 0 Å². The van der Waals surface area contributed by atoms with Gasteiger partial charge in [0.25, 0.3) is 0 Å². The van der Waals surface area contributed by atoms with Crippen molar-refractivity contribution in [2.75, 3.05) is 12.9 Å². The van der Waals surface area contributed by atoms with Gasteiger partial charge in [0.05, 0.1) is 12.9 Å². The quantitative estimate of drug-likeness (QED) is 0.431. The Balaban J connectivity index is 4.85. The highest BCUT2D eigenvalue weighted by molar-refractivity contribution is 7.88. The Morgan fingerprint density at radius 3 is 2.05 bits per heavy atom. The lowest BCUT2D eigenvalue weighted by Crippen LogP contribution is -2.52. The van der Waals surface area contributed by atoms with E-state index in [-0.39, 0.29) is 12.3 Å². The Kier molecular flexibility index (Phi) is 6.95. The Morgan fingerprint density at radius 2 is 1.74 bits per heavy atom. The van der Waals surface area contributed by atoms with E-state index in [1.807, 2.05) is 0 Å². The van der Waals surface area contributed by atoms with E-state index in [4.69, 9.17) is 10.2 Å². The van der Waals surface area contributed by atoms with Crippen molar-refractivity contribution in [3.8, 4) is 0 Å². The molecule has 0 aromatic heterocycles. The Bertz CT molecular complexity index is 420. The van der Waals surface area contributed by atoms with Gasteiger partial charge in [0, 0.05) is 0 Å². The normalized spacial score (nSPS) is 15.0. The molecule has 0 radical (unpaired) electrons. The highest BCUT2D eigenvalue weighted by atomic mass is 32.2. The van der Waals surface area contributed by atoms with Gasteiger partial charge in [-0.3, -0.25) is 4.79 Å². The van der Waals surface area contributed by atoms with Crippen LogP contribution < -0.4 is 10.0 Å². The van der Waals surface area contributed by atoms with Crippen molar-refractivity contribution >= 4 is 21.9 Å². The van der Waals surface area contributed by atoms with Crippen molar-refractivity contribution in [1.29, 1.82) is 0 Å². The van der Waals surface area contributed by atoms with E-state index in [2.05, 4.69) is 10.0 Å². The van der Waals surface area contributed by atoms with Crippen LogP contribution in [0.3, 0.4) is 0 Å². The van der Waals surface area contributed by atoms with Crippen molar-refractivity contribution < 1.29 is 28.2 Å². The van der Waals surface area contributed by atoms with Crippen LogP contribution in [0.4, 0.5) is 0 Å². The zero-order chi connectivity index (χ0) is 15.2. The molecule has 0 fully saturated rings. The third-order valence-electron chi connectivity index (χ3n) is 2.18. The molecule has 9 heteroatoms. The molecule has 2 atom stereocenters. The standard InChI is InChI=1S/C10H20N2O6S/c1-6(2)4-7(12-19(3,17)18)9(14)11-8(5-13)10(15)16/h6-8,12-13H,4-5H2,1-3H3,(H,11,14)(H,15,16)/t7?,8-/m0/s1. The smallest absolute Gasteiger partial charge is 0.328 e. The number of carbonyl (C=O) groups excluding carboxylic acids is 1. The summed E-state index contributed by atoms with van der Waals surface area (Å²) < 4.78 is 24.5. The molecule has 1 unspecified atom stereocenters. The third kappa shape index (κ3) is 7.75. The summed E-state index contributed by atoms with van der Waals surface area (Å²) in [5.74, 6) is -2.14. The zero-order valence-electron chi connectivity index (χ0n) is 11.1. The Labute approximate surface area is 112 Å². The van der Waals surface area contributed by atoms with Crippen LogP contribution in [0.5, 0.6) is 0 Å². The minimum absolute atomic E-state index is 0.0300. The molecular weight excluding hydrogens is 276 g/mol. The van der Waals surface area contributed by atoms with Gasteiger partial charge < -0.3 is 15.5 Å². The molecule has 19 heavy (non-hydrogen) atoms. The lowest BCUT2D eigenvalue weighted by Gasteiger charge is -2.21. The summed E-state index contributed by atoms with van der Waals surface area (Å²) in [5.41, 5.74) is 0. The van der Waals surface area contributed by atoms with Gasteiger partial charge in [-0.05, 0) is 12.3 Å². The number of sulfonamides is 1. The number of amides is 1. The number of aliphatic carboxylic acids is 1. The zero-order valence-corrected chi connectivity index (χ0v) is 11.9. The SMILES string of the molecule is CC(C)CC(NS(C)(=O)=O)C(=O)N[C@@H](CO)C(=O)O. The molecule has 1 amide bonds. The lowest BCUT2D eigenvalue weighted by atomic mass is 10.0. The van der Waals surface area contributed by atoms with E-state index in [9.17, 15) is 18.0 Å². The second-order valence-electron chi connectivity index (χ2n) is 4.65. The maximum atomic E-state index is 11.8. The number of nitrogens with one attached hydrogen (secondary N) is 2. The summed E-state index contributed by atoms with van der Waals surface area (Å²) in [5, 5.41) is 19.6. The average Bonchev–Trinajstić information content (AvgIpc) is 2.21. The number of carbonyl (C=O) groups is 2. The number of carboxylic acid groups (broad SMARTS) is 1. The second-order valence-corrected chi connectivity index (χ2v) is 6.43. The fourth-order valence-corrected chi connectivity index (χ4v) is 2.12. The Hall–Kier alpha value is -1.19. The molecule has 8 nitrogen and oxygen atoms in total. The molecule has 0 saturated heterocycles. The fourth-order valence-electron chi connectivity index (χ4n) is 1.40. The minimum atomic E-state index is -3.60. The van der Waals surface area contributed by atoms with E-state index >= 15 is 0 Å². The molecule has 0 aliphatic rings. The van der Waals surface area contributed by atoms with Gasteiger partial charge in [-0.15, -0.1) is 0 Å². The molecule has 0 spiro atoms. The van der Waals surface area contributed by atoms with Gasteiger partial charge in [0.1, 0.15) is 12.1 Å². The van der Waals surface area contributed by atoms with Crippen molar-refractivity contribution in [3.63, 3.8) is 0 Å². The van der Waals surface area contributed by atoms with Crippen LogP contribution in [0.15, 0.2) is 0 Å². The maximum Gasteiger partial charge on any atom is 0.328 e. The van der Waals surface area contributed by atoms with E-state index in [0.29, 0.717) is 0 Å². The van der Waals surface area contributed by atoms with Crippen LogP contribution in [-0.4, -0.2) is 55.5 Å². The van der Waals surface area contributed by atoms with Crippen LogP contribution >= 0.6 is 0 Å². The molecule has 0 saturated carbocycles. The predicted octanol–water partition coefficient (Wildman–Crippen LogP) is -1.49. The molecular formula is C10H20N2O6S. The van der Waals surface area contributed by atoms with Gasteiger partial charge in [0.2, 0.25) is 15.9 Å². The first-order valence-electron chi connectivity index (χ1n) is 5.68. The molecule has 0 aliphatic heterocycles. The molecule has 0 heterocycles. The first-order valence-corrected chi connectivity index (χ1v) is 7.57. The van der Waals surface area contributed by atoms with E-state index < -0.39 is 40.6 Å². The highest BCUT2D eigenvalue weighted by Gasteiger charge is 2.27. The first kappa shape index (κ1) is 17.8. The molecule has 0 aromatic rings. The van der Waals surface area contributed by atoms with Gasteiger partial charge in [-0.1, -0.05) is 13.8 Å². The van der Waals surface area contributed by atoms with Gasteiger partial charge in [-0.25, -0.2) is 17.9 Å². The van der Waals surface area contributed by atoms with Crippen LogP contribution in [0.1, 0.15) is 20.3 Å². The molecule has 0 bridgehead atoms. The van der Waals surface area contributed by atoms with E-state index in [1.54, 1.807) is 13.8 Å². The largest absolute Gasteiger partial charge is 0.480 e. The highest BCUT2D eigenvalue weighted by Crippen LogP contribution is 2.06. The number of rotatable bonds is 8. The van der Waals surface area contributed by atoms with Crippen LogP contribution in [0.2, 0.25) is 0 Å². The lowest BCUT2D eigenvalue weighted by molar-refractivity contribution is -0.143. The summed E-state index contributed by atoms with van der Waals surface area (Å²) in [7, 11) is -3.60. The maximum absolute atomic E-state index is 11.8. The van der Waals surface area contributed by atoms with Crippen LogP contribution in [0, 0.1) is 5.92 Å². The van der Waals surface area contributed by atoms with Crippen molar-refractivity contribution in [2.45, 2.75) is 32.4 Å². The molecule has 0 aromatic carbocycles. The Morgan fingerprint density at radius 1 is 1.21 bits per heavy atom. The first-order chi connectivity index (χ1) is 8.56. The summed E-state index contributed by atoms with van der Waals surface area (Å²) in [4.78, 5) is 22.5. The molecule has 0 aliphatic carbocycles. The monoisotopic (exact) mass is 296 g/mol. The van der Waals surface area contributed by atoms with E-state index in [1.165, 1.54) is 0 Å². The fraction of sp³-hybridized carbons (Fsp3) is 0.800. The molecule has 0 rings (SSSR count). The number of aliphatic hydroxyl groups excluding tert-OH is 1. The second kappa shape index (κ2) is 7.41. The minimum Gasteiger partial charge on any atom is -0.480 e. The van der Waals surface area contributed by atoms with Gasteiger partial charge >= 0.3 is 5.97 Å². The van der Waals surface area contributed by atoms with Crippen molar-refractivity contribution in [2.24, 2.45) is 5.92 Å². The number of carboxylic acids is 1. The number of aliphatic hydroxyl groups is 1. The summed E-state index contributed by atoms with van der Waals surface area (Å²) in [6.45, 7) is 2.82. The van der Waals surface area contributed by atoms with Crippen LogP contribution in [-0.2, 0) is 19.6 Å². The average molecular weight is 296 g/mol. The molecule has 112 valence electrons. The van der Waals surface area contributed by atoms with Crippen molar-refractivity contribution in [3.05, 3.63) is 0 Å². The van der Waals surface area contributed by atoms with Crippen molar-refractivity contribution in [1.82, 2.24) is 10.0 Å². The summed E-state index contributed by atoms with van der Waals surface area (Å²) >= 11 is 0. The topological polar surface area (TPSA) is 133 Å². The number of hydrogen-bond acceptors (Lipinski definition) is 5. The van der Waals surface area contributed by atoms with Crippen LogP contribution in [0.25, 0.3) is 0 Å². The number of hydrogen-bond donors (Lipinski definition) is 4.